The van der Waals surface area contributed by atoms with Crippen LogP contribution < -0.4 is 10.6 Å². The molecule has 2 atom stereocenters. The van der Waals surface area contributed by atoms with Crippen molar-refractivity contribution in [1.82, 2.24) is 10.6 Å². The molecule has 0 aliphatic carbocycles. The number of ether oxygens (including phenoxy) is 2. The highest BCUT2D eigenvalue weighted by atomic mass is 16.5. The first-order valence-electron chi connectivity index (χ1n) is 4.89. The Hall–Kier alpha value is -0.650. The molecule has 2 N–H and O–H groups in total. The van der Waals surface area contributed by atoms with E-state index in [0.717, 1.165) is 13.1 Å². The number of hydrogen-bond donors (Lipinski definition) is 2. The highest BCUT2D eigenvalue weighted by Crippen LogP contribution is 1.99. The van der Waals surface area contributed by atoms with E-state index in [1.807, 2.05) is 0 Å². The monoisotopic (exact) mass is 202 g/mol. The van der Waals surface area contributed by atoms with E-state index in [1.165, 1.54) is 0 Å². The van der Waals surface area contributed by atoms with E-state index in [2.05, 4.69) is 10.6 Å². The maximum absolute atomic E-state index is 11.1. The average molecular weight is 202 g/mol. The van der Waals surface area contributed by atoms with Gasteiger partial charge in [0, 0.05) is 20.1 Å². The van der Waals surface area contributed by atoms with Crippen molar-refractivity contribution in [2.24, 2.45) is 0 Å². The normalized spacial score (nSPS) is 24.3. The number of rotatable bonds is 4. The van der Waals surface area contributed by atoms with Gasteiger partial charge in [-0.2, -0.15) is 0 Å². The minimum absolute atomic E-state index is 0.0656. The number of morpholine rings is 1. The summed E-state index contributed by atoms with van der Waals surface area (Å²) in [6.07, 6.45) is -0.346. The van der Waals surface area contributed by atoms with Crippen LogP contribution in [-0.4, -0.2) is 51.5 Å². The molecule has 82 valence electrons. The third-order valence-electron chi connectivity index (χ3n) is 2.15. The van der Waals surface area contributed by atoms with Gasteiger partial charge < -0.3 is 20.1 Å². The largest absolute Gasteiger partial charge is 0.373 e. The lowest BCUT2D eigenvalue weighted by atomic mass is 10.3. The van der Waals surface area contributed by atoms with E-state index in [-0.39, 0.29) is 12.0 Å². The van der Waals surface area contributed by atoms with Crippen molar-refractivity contribution >= 4 is 5.91 Å². The fourth-order valence-electron chi connectivity index (χ4n) is 1.26. The van der Waals surface area contributed by atoms with Gasteiger partial charge in [0.15, 0.2) is 0 Å². The van der Waals surface area contributed by atoms with E-state index in [0.29, 0.717) is 13.2 Å². The molecule has 5 heteroatoms. The summed E-state index contributed by atoms with van der Waals surface area (Å²) in [5, 5.41) is 5.73. The molecule has 0 bridgehead atoms. The summed E-state index contributed by atoms with van der Waals surface area (Å²) in [7, 11) is 1.60. The van der Waals surface area contributed by atoms with Gasteiger partial charge >= 0.3 is 0 Å². The molecule has 1 aliphatic rings. The highest BCUT2D eigenvalue weighted by Gasteiger charge is 2.17. The first kappa shape index (κ1) is 11.4. The summed E-state index contributed by atoms with van der Waals surface area (Å²) in [6.45, 7) is 4.58. The van der Waals surface area contributed by atoms with Crippen LogP contribution in [0.3, 0.4) is 0 Å². The quantitative estimate of drug-likeness (QED) is 0.622. The van der Waals surface area contributed by atoms with Crippen LogP contribution in [0.15, 0.2) is 0 Å². The second kappa shape index (κ2) is 5.95. The van der Waals surface area contributed by atoms with Crippen LogP contribution >= 0.6 is 0 Å². The molecule has 1 heterocycles. The molecular formula is C9H18N2O3. The van der Waals surface area contributed by atoms with E-state index < -0.39 is 6.10 Å². The summed E-state index contributed by atoms with van der Waals surface area (Å²) in [5.41, 5.74) is 0. The molecule has 2 unspecified atom stereocenters. The maximum atomic E-state index is 11.1. The van der Waals surface area contributed by atoms with Crippen molar-refractivity contribution in [2.45, 2.75) is 19.1 Å². The number of carbonyl (C=O) groups excluding carboxylic acids is 1. The zero-order chi connectivity index (χ0) is 10.4. The van der Waals surface area contributed by atoms with Crippen LogP contribution in [0.5, 0.6) is 0 Å². The Bertz CT molecular complexity index is 181. The molecule has 0 aromatic rings. The number of amides is 1. The zero-order valence-corrected chi connectivity index (χ0v) is 8.71. The lowest BCUT2D eigenvalue weighted by Gasteiger charge is -2.24. The fourth-order valence-corrected chi connectivity index (χ4v) is 1.26. The van der Waals surface area contributed by atoms with Crippen LogP contribution in [-0.2, 0) is 14.3 Å². The number of carbonyl (C=O) groups is 1. The fraction of sp³-hybridized carbons (Fsp3) is 0.889. The molecule has 0 aromatic carbocycles. The van der Waals surface area contributed by atoms with Gasteiger partial charge in [-0.15, -0.1) is 0 Å². The van der Waals surface area contributed by atoms with Gasteiger partial charge in [0.05, 0.1) is 19.3 Å². The molecule has 14 heavy (non-hydrogen) atoms. The SMILES string of the molecule is CNC(=O)C(C)OCC1CNCCO1. The minimum atomic E-state index is -0.412. The third-order valence-corrected chi connectivity index (χ3v) is 2.15. The molecule has 0 radical (unpaired) electrons. The Morgan fingerprint density at radius 2 is 2.57 bits per heavy atom. The van der Waals surface area contributed by atoms with Crippen LogP contribution in [0.4, 0.5) is 0 Å². The molecule has 1 fully saturated rings. The lowest BCUT2D eigenvalue weighted by molar-refractivity contribution is -0.134. The second-order valence-electron chi connectivity index (χ2n) is 3.29. The first-order valence-corrected chi connectivity index (χ1v) is 4.89. The second-order valence-corrected chi connectivity index (χ2v) is 3.29. The molecule has 1 amide bonds. The molecule has 1 saturated heterocycles. The summed E-state index contributed by atoms with van der Waals surface area (Å²) in [6, 6.07) is 0. The van der Waals surface area contributed by atoms with Gasteiger partial charge in [0.1, 0.15) is 6.10 Å². The van der Waals surface area contributed by atoms with Crippen molar-refractivity contribution in [1.29, 1.82) is 0 Å². The van der Waals surface area contributed by atoms with Crippen molar-refractivity contribution in [3.63, 3.8) is 0 Å². The Labute approximate surface area is 84.1 Å². The number of nitrogens with one attached hydrogen (secondary N) is 2. The molecule has 0 spiro atoms. The van der Waals surface area contributed by atoms with Crippen molar-refractivity contribution in [3.05, 3.63) is 0 Å². The zero-order valence-electron chi connectivity index (χ0n) is 8.71. The van der Waals surface area contributed by atoms with Gasteiger partial charge in [-0.1, -0.05) is 0 Å². The van der Waals surface area contributed by atoms with Gasteiger partial charge in [-0.05, 0) is 6.92 Å². The van der Waals surface area contributed by atoms with Crippen LogP contribution in [0.2, 0.25) is 0 Å². The van der Waals surface area contributed by atoms with E-state index in [4.69, 9.17) is 9.47 Å². The minimum Gasteiger partial charge on any atom is -0.373 e. The van der Waals surface area contributed by atoms with Crippen LogP contribution in [0.25, 0.3) is 0 Å². The predicted molar refractivity (Wildman–Crippen MR) is 52.1 cm³/mol. The van der Waals surface area contributed by atoms with Crippen molar-refractivity contribution < 1.29 is 14.3 Å². The highest BCUT2D eigenvalue weighted by molar-refractivity contribution is 5.79. The van der Waals surface area contributed by atoms with Crippen molar-refractivity contribution in [3.8, 4) is 0 Å². The molecule has 0 saturated carbocycles. The smallest absolute Gasteiger partial charge is 0.248 e. The Kier molecular flexibility index (Phi) is 4.86. The van der Waals surface area contributed by atoms with Gasteiger partial charge in [-0.3, -0.25) is 4.79 Å². The van der Waals surface area contributed by atoms with E-state index in [9.17, 15) is 4.79 Å². The van der Waals surface area contributed by atoms with Crippen LogP contribution in [0.1, 0.15) is 6.92 Å². The topological polar surface area (TPSA) is 59.6 Å². The summed E-state index contributed by atoms with van der Waals surface area (Å²) < 4.78 is 10.8. The average Bonchev–Trinajstić information content (AvgIpc) is 2.26. The van der Waals surface area contributed by atoms with E-state index >= 15 is 0 Å². The molecule has 0 aromatic heterocycles. The standard InChI is InChI=1S/C9H18N2O3/c1-7(9(12)10-2)14-6-8-5-11-3-4-13-8/h7-8,11H,3-6H2,1-2H3,(H,10,12). The molecule has 5 nitrogen and oxygen atoms in total. The Morgan fingerprint density at radius 3 is 3.14 bits per heavy atom. The Balaban J connectivity index is 2.15. The summed E-state index contributed by atoms with van der Waals surface area (Å²) >= 11 is 0. The van der Waals surface area contributed by atoms with Crippen LogP contribution in [0, 0.1) is 0 Å². The van der Waals surface area contributed by atoms with E-state index in [1.54, 1.807) is 14.0 Å². The lowest BCUT2D eigenvalue weighted by Crippen LogP contribution is -2.42. The predicted octanol–water partition coefficient (Wildman–Crippen LogP) is -0.874. The first-order chi connectivity index (χ1) is 6.74. The van der Waals surface area contributed by atoms with Crippen molar-refractivity contribution in [2.75, 3.05) is 33.4 Å². The molecule has 1 rings (SSSR count). The van der Waals surface area contributed by atoms with Gasteiger partial charge in [0.25, 0.3) is 0 Å². The van der Waals surface area contributed by atoms with Gasteiger partial charge in [-0.25, -0.2) is 0 Å². The van der Waals surface area contributed by atoms with Gasteiger partial charge in [0.2, 0.25) is 5.91 Å². The molecule has 1 aliphatic heterocycles. The maximum Gasteiger partial charge on any atom is 0.248 e. The Morgan fingerprint density at radius 1 is 1.79 bits per heavy atom. The molecular weight excluding hydrogens is 184 g/mol. The number of likely N-dealkylation sites (N-methyl/N-ethyl adjacent to an activating group) is 1. The summed E-state index contributed by atoms with van der Waals surface area (Å²) in [5.74, 6) is -0.103. The third kappa shape index (κ3) is 3.61. The summed E-state index contributed by atoms with van der Waals surface area (Å²) in [4.78, 5) is 11.1. The number of hydrogen-bond acceptors (Lipinski definition) is 4.